The summed E-state index contributed by atoms with van der Waals surface area (Å²) in [4.78, 5) is 16.8. The Morgan fingerprint density at radius 1 is 1.19 bits per heavy atom. The zero-order chi connectivity index (χ0) is 22.5. The number of thiazole rings is 1. The van der Waals surface area contributed by atoms with Gasteiger partial charge in [-0.15, -0.1) is 21.5 Å². The van der Waals surface area contributed by atoms with Crippen LogP contribution in [0.4, 0.5) is 5.13 Å². The zero-order valence-electron chi connectivity index (χ0n) is 17.3. The summed E-state index contributed by atoms with van der Waals surface area (Å²) in [5.41, 5.74) is 4.29. The van der Waals surface area contributed by atoms with Crippen molar-refractivity contribution in [1.82, 2.24) is 15.2 Å². The van der Waals surface area contributed by atoms with Gasteiger partial charge in [-0.05, 0) is 43.2 Å². The number of carbonyl (C=O) groups is 1. The van der Waals surface area contributed by atoms with Gasteiger partial charge in [-0.25, -0.2) is 4.98 Å². The number of hydrogen-bond donors (Lipinski definition) is 1. The number of hydrogen-bond acceptors (Lipinski definition) is 8. The van der Waals surface area contributed by atoms with Gasteiger partial charge in [0.2, 0.25) is 5.91 Å². The number of halogens is 1. The highest BCUT2D eigenvalue weighted by atomic mass is 35.5. The predicted octanol–water partition coefficient (Wildman–Crippen LogP) is 5.77. The molecule has 2 aromatic carbocycles. The average molecular weight is 487 g/mol. The number of ether oxygens (including phenoxy) is 1. The highest BCUT2D eigenvalue weighted by Crippen LogP contribution is 2.27. The van der Waals surface area contributed by atoms with E-state index >= 15 is 0 Å². The molecule has 0 saturated carbocycles. The van der Waals surface area contributed by atoms with Crippen molar-refractivity contribution in [3.05, 3.63) is 69.9 Å². The summed E-state index contributed by atoms with van der Waals surface area (Å²) in [6.45, 7) is 4.22. The molecule has 2 aromatic heterocycles. The minimum absolute atomic E-state index is 0.0872. The lowest BCUT2D eigenvalue weighted by atomic mass is 10.1. The van der Waals surface area contributed by atoms with Gasteiger partial charge in [0.25, 0.3) is 11.1 Å². The van der Waals surface area contributed by atoms with E-state index in [-0.39, 0.29) is 23.5 Å². The van der Waals surface area contributed by atoms with Crippen LogP contribution in [-0.4, -0.2) is 26.8 Å². The maximum absolute atomic E-state index is 12.3. The van der Waals surface area contributed by atoms with Gasteiger partial charge in [-0.1, -0.05) is 47.6 Å². The SMILES string of the molecule is Cc1ccc(-c2csc(NC(=O)CSc3nnc(COc4ccccc4Cl)o3)n2)cc1C. The third-order valence-electron chi connectivity index (χ3n) is 4.52. The number of para-hydroxylation sites is 1. The average Bonchev–Trinajstić information content (AvgIpc) is 3.43. The number of amides is 1. The molecule has 0 fully saturated rings. The number of thioether (sulfide) groups is 1. The normalized spacial score (nSPS) is 10.8. The molecule has 0 aliphatic heterocycles. The first-order chi connectivity index (χ1) is 15.5. The number of anilines is 1. The van der Waals surface area contributed by atoms with E-state index in [0.717, 1.165) is 23.0 Å². The molecule has 4 rings (SSSR count). The van der Waals surface area contributed by atoms with Crippen molar-refractivity contribution in [2.45, 2.75) is 25.7 Å². The second kappa shape index (κ2) is 10.2. The molecule has 4 aromatic rings. The van der Waals surface area contributed by atoms with Crippen LogP contribution < -0.4 is 10.1 Å². The topological polar surface area (TPSA) is 90.1 Å². The number of nitrogens with one attached hydrogen (secondary N) is 1. The van der Waals surface area contributed by atoms with Gasteiger partial charge in [0.05, 0.1) is 16.5 Å². The first-order valence-electron chi connectivity index (χ1n) is 9.63. The fourth-order valence-corrected chi connectivity index (χ4v) is 4.21. The summed E-state index contributed by atoms with van der Waals surface area (Å²) >= 11 is 8.58. The Morgan fingerprint density at radius 2 is 2.03 bits per heavy atom. The molecule has 164 valence electrons. The van der Waals surface area contributed by atoms with Crippen molar-refractivity contribution in [3.63, 3.8) is 0 Å². The molecule has 0 radical (unpaired) electrons. The second-order valence-electron chi connectivity index (χ2n) is 6.85. The molecule has 10 heteroatoms. The maximum atomic E-state index is 12.3. The lowest BCUT2D eigenvalue weighted by molar-refractivity contribution is -0.113. The molecule has 0 aliphatic rings. The van der Waals surface area contributed by atoms with Crippen LogP contribution in [0.1, 0.15) is 17.0 Å². The molecule has 0 aliphatic carbocycles. The molecule has 0 unspecified atom stereocenters. The van der Waals surface area contributed by atoms with Crippen LogP contribution in [0.5, 0.6) is 5.75 Å². The molecular weight excluding hydrogens is 468 g/mol. The van der Waals surface area contributed by atoms with E-state index in [0.29, 0.717) is 21.8 Å². The molecule has 2 heterocycles. The molecule has 1 amide bonds. The summed E-state index contributed by atoms with van der Waals surface area (Å²) in [6, 6.07) is 13.3. The second-order valence-corrected chi connectivity index (χ2v) is 9.05. The number of carbonyl (C=O) groups excluding carboxylic acids is 1. The van der Waals surface area contributed by atoms with Crippen LogP contribution in [-0.2, 0) is 11.4 Å². The van der Waals surface area contributed by atoms with Crippen LogP contribution in [0.25, 0.3) is 11.3 Å². The van der Waals surface area contributed by atoms with Gasteiger partial charge in [0.1, 0.15) is 5.75 Å². The Hall–Kier alpha value is -2.88. The summed E-state index contributed by atoms with van der Waals surface area (Å²) in [7, 11) is 0. The summed E-state index contributed by atoms with van der Waals surface area (Å²) in [5, 5.41) is 13.9. The van der Waals surface area contributed by atoms with Crippen molar-refractivity contribution in [3.8, 4) is 17.0 Å². The Kier molecular flexibility index (Phi) is 7.09. The van der Waals surface area contributed by atoms with Crippen molar-refractivity contribution >= 4 is 45.7 Å². The van der Waals surface area contributed by atoms with Crippen molar-refractivity contribution in [2.24, 2.45) is 0 Å². The van der Waals surface area contributed by atoms with E-state index in [4.69, 9.17) is 20.8 Å². The fraction of sp³-hybridized carbons (Fsp3) is 0.182. The molecular formula is C22H19ClN4O3S2. The Bertz CT molecular complexity index is 1240. The van der Waals surface area contributed by atoms with E-state index in [1.54, 1.807) is 12.1 Å². The summed E-state index contributed by atoms with van der Waals surface area (Å²) < 4.78 is 11.1. The van der Waals surface area contributed by atoms with E-state index in [1.165, 1.54) is 22.5 Å². The van der Waals surface area contributed by atoms with Gasteiger partial charge in [0, 0.05) is 10.9 Å². The highest BCUT2D eigenvalue weighted by Gasteiger charge is 2.13. The van der Waals surface area contributed by atoms with Gasteiger partial charge in [-0.3, -0.25) is 4.79 Å². The predicted molar refractivity (Wildman–Crippen MR) is 126 cm³/mol. The first kappa shape index (κ1) is 22.3. The zero-order valence-corrected chi connectivity index (χ0v) is 19.7. The van der Waals surface area contributed by atoms with Crippen molar-refractivity contribution < 1.29 is 13.9 Å². The van der Waals surface area contributed by atoms with Gasteiger partial charge in [0.15, 0.2) is 11.7 Å². The van der Waals surface area contributed by atoms with E-state index in [1.807, 2.05) is 23.6 Å². The van der Waals surface area contributed by atoms with Gasteiger partial charge < -0.3 is 14.5 Å². The molecule has 1 N–H and O–H groups in total. The van der Waals surface area contributed by atoms with Crippen LogP contribution in [0.3, 0.4) is 0 Å². The monoisotopic (exact) mass is 486 g/mol. The smallest absolute Gasteiger partial charge is 0.277 e. The molecule has 0 spiro atoms. The number of aromatic nitrogens is 3. The third kappa shape index (κ3) is 5.67. The van der Waals surface area contributed by atoms with E-state index < -0.39 is 0 Å². The van der Waals surface area contributed by atoms with Crippen LogP contribution in [0.15, 0.2) is 57.5 Å². The summed E-state index contributed by atoms with van der Waals surface area (Å²) in [6.07, 6.45) is 0. The summed E-state index contributed by atoms with van der Waals surface area (Å²) in [5.74, 6) is 0.740. The minimum atomic E-state index is -0.206. The van der Waals surface area contributed by atoms with Gasteiger partial charge in [-0.2, -0.15) is 0 Å². The lowest BCUT2D eigenvalue weighted by Gasteiger charge is -2.04. The van der Waals surface area contributed by atoms with Crippen molar-refractivity contribution in [2.75, 3.05) is 11.1 Å². The van der Waals surface area contributed by atoms with Gasteiger partial charge >= 0.3 is 0 Å². The highest BCUT2D eigenvalue weighted by molar-refractivity contribution is 7.99. The van der Waals surface area contributed by atoms with E-state index in [9.17, 15) is 4.79 Å². The molecule has 0 saturated heterocycles. The molecule has 7 nitrogen and oxygen atoms in total. The third-order valence-corrected chi connectivity index (χ3v) is 6.40. The minimum Gasteiger partial charge on any atom is -0.482 e. The Labute approximate surface area is 198 Å². The van der Waals surface area contributed by atoms with Crippen LogP contribution in [0, 0.1) is 13.8 Å². The number of rotatable bonds is 8. The molecule has 0 bridgehead atoms. The number of aryl methyl sites for hydroxylation is 2. The standard InChI is InChI=1S/C22H19ClN4O3S2/c1-13-7-8-15(9-14(13)2)17-11-31-21(24-17)25-19(28)12-32-22-27-26-20(30-22)10-29-18-6-4-3-5-16(18)23/h3-9,11H,10,12H2,1-2H3,(H,24,25,28). The van der Waals surface area contributed by atoms with Crippen LogP contribution >= 0.6 is 34.7 Å². The number of nitrogens with zero attached hydrogens (tertiary/aromatic N) is 3. The molecule has 32 heavy (non-hydrogen) atoms. The van der Waals surface area contributed by atoms with Crippen molar-refractivity contribution in [1.29, 1.82) is 0 Å². The lowest BCUT2D eigenvalue weighted by Crippen LogP contribution is -2.13. The first-order valence-corrected chi connectivity index (χ1v) is 11.9. The van der Waals surface area contributed by atoms with E-state index in [2.05, 4.69) is 46.5 Å². The quantitative estimate of drug-likeness (QED) is 0.316. The Balaban J connectivity index is 1.27. The van der Waals surface area contributed by atoms with Crippen LogP contribution in [0.2, 0.25) is 5.02 Å². The fourth-order valence-electron chi connectivity index (χ4n) is 2.70. The largest absolute Gasteiger partial charge is 0.482 e. The number of benzene rings is 2. The molecule has 0 atom stereocenters. The maximum Gasteiger partial charge on any atom is 0.277 e. The Morgan fingerprint density at radius 3 is 2.84 bits per heavy atom.